The quantitative estimate of drug-likeness (QED) is 0.554. The van der Waals surface area contributed by atoms with E-state index in [1.54, 1.807) is 0 Å². The third-order valence-corrected chi connectivity index (χ3v) is 2.30. The van der Waals surface area contributed by atoms with Crippen molar-refractivity contribution in [2.45, 2.75) is 39.5 Å². The second kappa shape index (κ2) is 8.12. The van der Waals surface area contributed by atoms with Crippen molar-refractivity contribution >= 4 is 20.3 Å². The van der Waals surface area contributed by atoms with Crippen LogP contribution in [0.1, 0.15) is 39.5 Å². The average molecular weight is 176 g/mol. The molecule has 0 aromatic carbocycles. The van der Waals surface area contributed by atoms with Crippen LogP contribution in [0.25, 0.3) is 0 Å². The Morgan fingerprint density at radius 1 is 0.909 bits per heavy atom. The number of carbonyl (C=O) groups is 1. The molecule has 0 unspecified atom stereocenters. The lowest BCUT2D eigenvalue weighted by atomic mass is 9.84. The molecule has 0 N–H and O–H groups in total. The molecular weight excluding hydrogens is 156 g/mol. The van der Waals surface area contributed by atoms with Gasteiger partial charge >= 0.3 is 0 Å². The summed E-state index contributed by atoms with van der Waals surface area (Å²) in [4.78, 5) is 8.00. The van der Waals surface area contributed by atoms with E-state index in [1.807, 2.05) is 6.79 Å². The van der Waals surface area contributed by atoms with E-state index in [9.17, 15) is 0 Å². The Balaban J connectivity index is 0. The van der Waals surface area contributed by atoms with Crippen molar-refractivity contribution in [3.05, 3.63) is 0 Å². The van der Waals surface area contributed by atoms with Crippen molar-refractivity contribution in [3.8, 4) is 0 Å². The van der Waals surface area contributed by atoms with E-state index in [1.165, 1.54) is 25.7 Å². The fraction of sp³-hybridized carbons (Fsp3) is 0.889. The Labute approximate surface area is 77.0 Å². The molecule has 0 heterocycles. The Bertz CT molecular complexity index is 67.6. The monoisotopic (exact) mass is 176 g/mol. The lowest BCUT2D eigenvalue weighted by molar-refractivity contribution is -0.0979. The van der Waals surface area contributed by atoms with Gasteiger partial charge in [0.05, 0.1) is 0 Å². The highest BCUT2D eigenvalue weighted by Crippen LogP contribution is 2.27. The lowest BCUT2D eigenvalue weighted by Crippen LogP contribution is -2.08. The van der Waals surface area contributed by atoms with Gasteiger partial charge in [-0.25, -0.2) is 0 Å². The Morgan fingerprint density at radius 2 is 1.09 bits per heavy atom. The Hall–Kier alpha value is 0.0200. The Kier molecular flexibility index (Phi) is 10.0. The predicted octanol–water partition coefficient (Wildman–Crippen LogP) is 2.76. The first-order chi connectivity index (χ1) is 4.79. The molecule has 1 aliphatic rings. The van der Waals surface area contributed by atoms with E-state index >= 15 is 0 Å². The molecule has 0 spiro atoms. The van der Waals surface area contributed by atoms with Crippen LogP contribution in [0.3, 0.4) is 0 Å². The van der Waals surface area contributed by atoms with Gasteiger partial charge in [-0.15, -0.1) is 0 Å². The third-order valence-electron chi connectivity index (χ3n) is 2.30. The molecule has 11 heavy (non-hydrogen) atoms. The first-order valence-corrected chi connectivity index (χ1v) is 4.08. The first-order valence-electron chi connectivity index (χ1n) is 4.08. The molecule has 0 aliphatic heterocycles. The summed E-state index contributed by atoms with van der Waals surface area (Å²) in [5.74, 6) is 2.04. The molecule has 1 saturated carbocycles. The van der Waals surface area contributed by atoms with Crippen molar-refractivity contribution in [2.75, 3.05) is 0 Å². The van der Waals surface area contributed by atoms with Gasteiger partial charge in [0.25, 0.3) is 0 Å². The van der Waals surface area contributed by atoms with Crippen LogP contribution < -0.4 is 0 Å². The van der Waals surface area contributed by atoms with Crippen LogP contribution >= 0.6 is 13.5 Å². The fourth-order valence-corrected chi connectivity index (χ4v) is 1.43. The summed E-state index contributed by atoms with van der Waals surface area (Å²) in [7, 11) is 0. The zero-order valence-corrected chi connectivity index (χ0v) is 8.60. The van der Waals surface area contributed by atoms with E-state index in [2.05, 4.69) is 13.8 Å². The minimum Gasteiger partial charge on any atom is -0.307 e. The van der Waals surface area contributed by atoms with E-state index in [4.69, 9.17) is 4.79 Å². The van der Waals surface area contributed by atoms with Crippen molar-refractivity contribution in [1.82, 2.24) is 0 Å². The van der Waals surface area contributed by atoms with E-state index < -0.39 is 0 Å². The largest absolute Gasteiger partial charge is 0.307 e. The second-order valence-corrected chi connectivity index (χ2v) is 3.37. The number of hydrogen-bond donors (Lipinski definition) is 0. The van der Waals surface area contributed by atoms with Crippen molar-refractivity contribution in [1.29, 1.82) is 0 Å². The van der Waals surface area contributed by atoms with Crippen LogP contribution in [0.5, 0.6) is 0 Å². The molecule has 0 amide bonds. The molecule has 2 heteroatoms. The number of hydrogen-bond acceptors (Lipinski definition) is 1. The topological polar surface area (TPSA) is 17.1 Å². The zero-order chi connectivity index (χ0) is 7.98. The summed E-state index contributed by atoms with van der Waals surface area (Å²) in [6.07, 6.45) is 5.89. The van der Waals surface area contributed by atoms with Gasteiger partial charge in [-0.1, -0.05) is 39.5 Å². The summed E-state index contributed by atoms with van der Waals surface area (Å²) in [5, 5.41) is 0. The standard InChI is InChI=1S/C8H16.CH2O.H2S/c1-7-3-5-8(2)6-4-7;1-2;/h7-8H,3-6H2,1-2H3;1H2;1H2. The van der Waals surface area contributed by atoms with Gasteiger partial charge in [0.15, 0.2) is 0 Å². The molecule has 1 rings (SSSR count). The summed E-state index contributed by atoms with van der Waals surface area (Å²) >= 11 is 0. The molecule has 0 radical (unpaired) electrons. The van der Waals surface area contributed by atoms with Crippen LogP contribution in [0.15, 0.2) is 0 Å². The third kappa shape index (κ3) is 6.42. The molecule has 1 aliphatic carbocycles. The molecule has 0 bridgehead atoms. The van der Waals surface area contributed by atoms with Gasteiger partial charge in [-0.3, -0.25) is 0 Å². The predicted molar refractivity (Wildman–Crippen MR) is 54.3 cm³/mol. The molecular formula is C9H20OS. The average Bonchev–Trinajstić information content (AvgIpc) is 2.00. The van der Waals surface area contributed by atoms with Crippen molar-refractivity contribution in [2.24, 2.45) is 11.8 Å². The van der Waals surface area contributed by atoms with Crippen LogP contribution in [0.4, 0.5) is 0 Å². The van der Waals surface area contributed by atoms with Crippen molar-refractivity contribution in [3.63, 3.8) is 0 Å². The SMILES string of the molecule is C=O.CC1CCC(C)CC1.S. The molecule has 0 aromatic rings. The van der Waals surface area contributed by atoms with Crippen LogP contribution in [-0.2, 0) is 4.79 Å². The molecule has 0 saturated heterocycles. The molecule has 0 aromatic heterocycles. The maximum atomic E-state index is 8.00. The zero-order valence-electron chi connectivity index (χ0n) is 7.60. The van der Waals surface area contributed by atoms with Gasteiger partial charge in [0, 0.05) is 0 Å². The second-order valence-electron chi connectivity index (χ2n) is 3.37. The first kappa shape index (κ1) is 13.6. The Morgan fingerprint density at radius 3 is 1.27 bits per heavy atom. The fourth-order valence-electron chi connectivity index (χ4n) is 1.43. The number of carbonyl (C=O) groups excluding carboxylic acids is 1. The normalized spacial score (nSPS) is 29.3. The smallest absolute Gasteiger partial charge is 0.106 e. The van der Waals surface area contributed by atoms with Crippen LogP contribution in [0, 0.1) is 11.8 Å². The van der Waals surface area contributed by atoms with E-state index in [-0.39, 0.29) is 13.5 Å². The minimum atomic E-state index is 0. The van der Waals surface area contributed by atoms with Gasteiger partial charge in [-0.2, -0.15) is 13.5 Å². The van der Waals surface area contributed by atoms with E-state index in [0.29, 0.717) is 0 Å². The van der Waals surface area contributed by atoms with E-state index in [0.717, 1.165) is 11.8 Å². The highest BCUT2D eigenvalue weighted by atomic mass is 32.1. The molecule has 0 atom stereocenters. The summed E-state index contributed by atoms with van der Waals surface area (Å²) in [6, 6.07) is 0. The molecule has 1 nitrogen and oxygen atoms in total. The molecule has 68 valence electrons. The van der Waals surface area contributed by atoms with Gasteiger partial charge < -0.3 is 4.79 Å². The summed E-state index contributed by atoms with van der Waals surface area (Å²) < 4.78 is 0. The lowest BCUT2D eigenvalue weighted by Gasteiger charge is -2.22. The summed E-state index contributed by atoms with van der Waals surface area (Å²) in [6.45, 7) is 6.73. The van der Waals surface area contributed by atoms with Gasteiger partial charge in [0.1, 0.15) is 6.79 Å². The maximum absolute atomic E-state index is 8.00. The highest BCUT2D eigenvalue weighted by Gasteiger charge is 2.13. The van der Waals surface area contributed by atoms with Gasteiger partial charge in [0.2, 0.25) is 0 Å². The summed E-state index contributed by atoms with van der Waals surface area (Å²) in [5.41, 5.74) is 0. The van der Waals surface area contributed by atoms with Crippen LogP contribution in [0.2, 0.25) is 0 Å². The number of rotatable bonds is 0. The maximum Gasteiger partial charge on any atom is 0.106 e. The van der Waals surface area contributed by atoms with Crippen LogP contribution in [-0.4, -0.2) is 6.79 Å². The van der Waals surface area contributed by atoms with Gasteiger partial charge in [-0.05, 0) is 11.8 Å². The molecule has 1 fully saturated rings. The highest BCUT2D eigenvalue weighted by molar-refractivity contribution is 7.59. The van der Waals surface area contributed by atoms with Crippen molar-refractivity contribution < 1.29 is 4.79 Å². The minimum absolute atomic E-state index is 0.